The average Bonchev–Trinajstić information content (AvgIpc) is 3.30. The van der Waals surface area contributed by atoms with Gasteiger partial charge in [-0.15, -0.1) is 0 Å². The van der Waals surface area contributed by atoms with Crippen molar-refractivity contribution >= 4 is 39.3 Å². The monoisotopic (exact) mass is 413 g/mol. The summed E-state index contributed by atoms with van der Waals surface area (Å²) in [6.45, 7) is 0. The molecule has 0 bridgehead atoms. The van der Waals surface area contributed by atoms with Crippen LogP contribution in [0.15, 0.2) is 91.0 Å². The molecule has 1 aromatic heterocycles. The Morgan fingerprint density at radius 3 is 2.25 bits per heavy atom. The van der Waals surface area contributed by atoms with Crippen molar-refractivity contribution in [2.45, 2.75) is 0 Å². The Kier molecular flexibility index (Phi) is 3.77. The fourth-order valence-electron chi connectivity index (χ4n) is 4.57. The summed E-state index contributed by atoms with van der Waals surface area (Å²) in [5.74, 6) is -0.669. The number of nitrogens with zero attached hydrogens (tertiary/aromatic N) is 3. The highest BCUT2D eigenvalue weighted by Crippen LogP contribution is 2.37. The third-order valence-electron chi connectivity index (χ3n) is 5.95. The molecule has 0 atom stereocenters. The Bertz CT molecular complexity index is 1620. The molecule has 0 fully saturated rings. The van der Waals surface area contributed by atoms with Gasteiger partial charge in [0.05, 0.1) is 45.2 Å². The summed E-state index contributed by atoms with van der Waals surface area (Å²) in [7, 11) is 0. The normalized spacial score (nSPS) is 13.0. The zero-order chi connectivity index (χ0) is 21.8. The molecule has 0 N–H and O–H groups in total. The van der Waals surface area contributed by atoms with Gasteiger partial charge in [0, 0.05) is 10.8 Å². The number of imide groups is 1. The van der Waals surface area contributed by atoms with Gasteiger partial charge in [-0.25, -0.2) is 4.90 Å². The van der Waals surface area contributed by atoms with Crippen LogP contribution in [0.5, 0.6) is 0 Å². The smallest absolute Gasteiger partial charge is 0.268 e. The molecular weight excluding hydrogens is 398 g/mol. The van der Waals surface area contributed by atoms with E-state index in [0.717, 1.165) is 21.8 Å². The van der Waals surface area contributed by atoms with Crippen LogP contribution in [-0.4, -0.2) is 16.4 Å². The number of carbonyl (C=O) groups excluding carboxylic acids is 2. The van der Waals surface area contributed by atoms with Crippen LogP contribution in [0, 0.1) is 11.3 Å². The van der Waals surface area contributed by atoms with Gasteiger partial charge in [-0.2, -0.15) is 5.26 Å². The number of hydrogen-bond acceptors (Lipinski definition) is 3. The lowest BCUT2D eigenvalue weighted by atomic mass is 10.1. The van der Waals surface area contributed by atoms with Crippen molar-refractivity contribution in [3.05, 3.63) is 108 Å². The van der Waals surface area contributed by atoms with Gasteiger partial charge in [0.25, 0.3) is 11.8 Å². The third-order valence-corrected chi connectivity index (χ3v) is 5.95. The fourth-order valence-corrected chi connectivity index (χ4v) is 4.57. The Hall–Kier alpha value is -4.69. The molecule has 0 saturated heterocycles. The maximum Gasteiger partial charge on any atom is 0.268 e. The number of para-hydroxylation sites is 2. The molecule has 5 nitrogen and oxygen atoms in total. The second kappa shape index (κ2) is 6.66. The van der Waals surface area contributed by atoms with Crippen LogP contribution in [0.1, 0.15) is 26.3 Å². The highest BCUT2D eigenvalue weighted by atomic mass is 16.2. The molecule has 4 aromatic carbocycles. The summed E-state index contributed by atoms with van der Waals surface area (Å²) in [6, 6.07) is 29.9. The molecule has 150 valence electrons. The second-order valence-corrected chi connectivity index (χ2v) is 7.68. The first-order valence-corrected chi connectivity index (χ1v) is 10.2. The Morgan fingerprint density at radius 2 is 1.44 bits per heavy atom. The molecule has 1 aliphatic rings. The maximum absolute atomic E-state index is 13.5. The van der Waals surface area contributed by atoms with E-state index in [1.807, 2.05) is 53.1 Å². The van der Waals surface area contributed by atoms with E-state index >= 15 is 0 Å². The molecule has 6 rings (SSSR count). The van der Waals surface area contributed by atoms with Crippen molar-refractivity contribution in [1.29, 1.82) is 5.26 Å². The van der Waals surface area contributed by atoms with Crippen molar-refractivity contribution in [3.63, 3.8) is 0 Å². The number of nitriles is 1. The van der Waals surface area contributed by atoms with E-state index in [-0.39, 0.29) is 11.8 Å². The molecule has 0 radical (unpaired) electrons. The van der Waals surface area contributed by atoms with Crippen LogP contribution < -0.4 is 4.90 Å². The zero-order valence-electron chi connectivity index (χ0n) is 16.8. The first kappa shape index (κ1) is 18.1. The van der Waals surface area contributed by atoms with E-state index in [4.69, 9.17) is 0 Å². The van der Waals surface area contributed by atoms with E-state index < -0.39 is 0 Å². The van der Waals surface area contributed by atoms with E-state index in [1.54, 1.807) is 42.5 Å². The predicted octanol–water partition coefficient (Wildman–Crippen LogP) is 5.46. The first-order valence-electron chi connectivity index (χ1n) is 10.2. The molecule has 0 spiro atoms. The van der Waals surface area contributed by atoms with Gasteiger partial charge >= 0.3 is 0 Å². The molecule has 2 amide bonds. The maximum atomic E-state index is 13.5. The number of carbonyl (C=O) groups is 2. The molecule has 32 heavy (non-hydrogen) atoms. The van der Waals surface area contributed by atoms with Crippen LogP contribution in [-0.2, 0) is 0 Å². The minimum atomic E-state index is -0.341. The highest BCUT2D eigenvalue weighted by Gasteiger charge is 2.39. The Labute approximate surface area is 183 Å². The van der Waals surface area contributed by atoms with Crippen molar-refractivity contribution in [3.8, 4) is 11.8 Å². The van der Waals surface area contributed by atoms with E-state index in [0.29, 0.717) is 28.1 Å². The van der Waals surface area contributed by atoms with Crippen LogP contribution in [0.2, 0.25) is 0 Å². The molecule has 2 heterocycles. The van der Waals surface area contributed by atoms with E-state index in [1.165, 1.54) is 4.90 Å². The molecule has 0 unspecified atom stereocenters. The molecular formula is C27H15N3O2. The summed E-state index contributed by atoms with van der Waals surface area (Å²) in [5, 5.41) is 11.3. The van der Waals surface area contributed by atoms with E-state index in [2.05, 4.69) is 6.07 Å². The van der Waals surface area contributed by atoms with Gasteiger partial charge in [-0.05, 0) is 48.5 Å². The lowest BCUT2D eigenvalue weighted by Crippen LogP contribution is -2.29. The van der Waals surface area contributed by atoms with Gasteiger partial charge in [-0.3, -0.25) is 9.59 Å². The van der Waals surface area contributed by atoms with Crippen molar-refractivity contribution in [2.75, 3.05) is 4.90 Å². The number of amides is 2. The number of anilines is 1. The quantitative estimate of drug-likeness (QED) is 0.361. The molecule has 1 aliphatic heterocycles. The first-order chi connectivity index (χ1) is 15.7. The van der Waals surface area contributed by atoms with Gasteiger partial charge in [-0.1, -0.05) is 42.5 Å². The predicted molar refractivity (Wildman–Crippen MR) is 123 cm³/mol. The fraction of sp³-hybridized carbons (Fsp3) is 0. The minimum absolute atomic E-state index is 0.328. The SMILES string of the molecule is N#Cc1ccc2c(c1)c1ccccc1n2-c1cccc2c1C(=O)N(c1ccccc1)C2=O. The number of benzene rings is 4. The minimum Gasteiger partial charge on any atom is -0.308 e. The number of rotatable bonds is 2. The van der Waals surface area contributed by atoms with Gasteiger partial charge < -0.3 is 4.57 Å². The summed E-state index contributed by atoms with van der Waals surface area (Å²) in [5.41, 5.74) is 4.31. The molecule has 5 aromatic rings. The highest BCUT2D eigenvalue weighted by molar-refractivity contribution is 6.35. The standard InChI is InChI=1S/C27H15N3O2/c28-16-17-13-14-23-21(15-17)19-9-4-5-11-22(19)30(23)24-12-6-10-20-25(24)27(32)29(26(20)31)18-7-2-1-3-8-18/h1-15H. The second-order valence-electron chi connectivity index (χ2n) is 7.68. The van der Waals surface area contributed by atoms with Crippen LogP contribution in [0.25, 0.3) is 27.5 Å². The lowest BCUT2D eigenvalue weighted by Gasteiger charge is -2.14. The average molecular weight is 413 g/mol. The van der Waals surface area contributed by atoms with Crippen molar-refractivity contribution < 1.29 is 9.59 Å². The van der Waals surface area contributed by atoms with Gasteiger partial charge in [0.2, 0.25) is 0 Å². The summed E-state index contributed by atoms with van der Waals surface area (Å²) in [4.78, 5) is 28.0. The lowest BCUT2D eigenvalue weighted by molar-refractivity contribution is 0.0926. The summed E-state index contributed by atoms with van der Waals surface area (Å²) >= 11 is 0. The van der Waals surface area contributed by atoms with Crippen LogP contribution in [0.3, 0.4) is 0 Å². The third kappa shape index (κ3) is 2.38. The molecule has 0 aliphatic carbocycles. The molecule has 0 saturated carbocycles. The number of aromatic nitrogens is 1. The Balaban J connectivity index is 1.66. The van der Waals surface area contributed by atoms with Crippen LogP contribution >= 0.6 is 0 Å². The Morgan fingerprint density at radius 1 is 0.688 bits per heavy atom. The van der Waals surface area contributed by atoms with Crippen molar-refractivity contribution in [2.24, 2.45) is 0 Å². The number of fused-ring (bicyclic) bond motifs is 4. The molecule has 5 heteroatoms. The largest absolute Gasteiger partial charge is 0.308 e. The number of hydrogen-bond donors (Lipinski definition) is 0. The summed E-state index contributed by atoms with van der Waals surface area (Å²) < 4.78 is 2.00. The topological polar surface area (TPSA) is 66.1 Å². The van der Waals surface area contributed by atoms with Gasteiger partial charge in [0.1, 0.15) is 0 Å². The van der Waals surface area contributed by atoms with Crippen LogP contribution in [0.4, 0.5) is 5.69 Å². The zero-order valence-corrected chi connectivity index (χ0v) is 16.8. The van der Waals surface area contributed by atoms with Gasteiger partial charge in [0.15, 0.2) is 0 Å². The van der Waals surface area contributed by atoms with E-state index in [9.17, 15) is 14.9 Å². The summed E-state index contributed by atoms with van der Waals surface area (Å²) in [6.07, 6.45) is 0. The van der Waals surface area contributed by atoms with Crippen molar-refractivity contribution in [1.82, 2.24) is 4.57 Å².